The number of aromatic nitrogens is 2. The molecular formula is C15H16N3NaO5S. The first-order valence-electron chi connectivity index (χ1n) is 7.35. The van der Waals surface area contributed by atoms with E-state index >= 15 is 0 Å². The Morgan fingerprint density at radius 3 is 2.44 bits per heavy atom. The topological polar surface area (TPSA) is 124 Å². The molecule has 3 heterocycles. The molecule has 0 spiro atoms. The maximum atomic E-state index is 12.9. The molecule has 0 aliphatic carbocycles. The minimum atomic E-state index is -1.96. The number of aliphatic hydroxyl groups excluding tert-OH is 1. The summed E-state index contributed by atoms with van der Waals surface area (Å²) in [6, 6.07) is 0.954. The summed E-state index contributed by atoms with van der Waals surface area (Å²) >= 11 is 0. The number of hydrogen-bond acceptors (Lipinski definition) is 7. The third-order valence-corrected chi connectivity index (χ3v) is 6.16. The average Bonchev–Trinajstić information content (AvgIpc) is 2.71. The second kappa shape index (κ2) is 6.88. The number of fused-ring (bicyclic) bond motifs is 1. The smallest absolute Gasteiger partial charge is 0.543 e. The van der Waals surface area contributed by atoms with Gasteiger partial charge in [0, 0.05) is 17.8 Å². The van der Waals surface area contributed by atoms with Gasteiger partial charge in [-0.1, -0.05) is 13.8 Å². The number of aliphatic hydroxyl groups is 1. The molecule has 25 heavy (non-hydrogen) atoms. The van der Waals surface area contributed by atoms with Crippen LogP contribution < -0.4 is 34.7 Å². The van der Waals surface area contributed by atoms with E-state index in [1.165, 1.54) is 19.3 Å². The fraction of sp³-hybridized carbons (Fsp3) is 0.467. The van der Waals surface area contributed by atoms with Crippen LogP contribution in [-0.4, -0.2) is 48.2 Å². The van der Waals surface area contributed by atoms with Crippen LogP contribution in [0, 0.1) is 11.3 Å². The number of carboxylic acids is 1. The Bertz CT molecular complexity index is 781. The molecular weight excluding hydrogens is 357 g/mol. The fourth-order valence-electron chi connectivity index (χ4n) is 3.54. The molecule has 1 aromatic heterocycles. The van der Waals surface area contributed by atoms with Gasteiger partial charge in [0.15, 0.2) is 0 Å². The van der Waals surface area contributed by atoms with Crippen molar-refractivity contribution in [3.63, 3.8) is 0 Å². The van der Waals surface area contributed by atoms with Gasteiger partial charge in [-0.2, -0.15) is 0 Å². The Hall–Kier alpha value is -1.13. The van der Waals surface area contributed by atoms with Gasteiger partial charge in [-0.05, 0) is 13.0 Å². The Morgan fingerprint density at radius 1 is 1.40 bits per heavy atom. The van der Waals surface area contributed by atoms with Crippen LogP contribution in [-0.2, 0) is 20.4 Å². The van der Waals surface area contributed by atoms with E-state index < -0.39 is 51.9 Å². The minimum Gasteiger partial charge on any atom is -0.543 e. The van der Waals surface area contributed by atoms with Gasteiger partial charge in [0.05, 0.1) is 34.6 Å². The van der Waals surface area contributed by atoms with Crippen molar-refractivity contribution in [2.75, 3.05) is 0 Å². The summed E-state index contributed by atoms with van der Waals surface area (Å²) in [7, 11) is -1.96. The number of carbonyl (C=O) groups is 2. The zero-order valence-electron chi connectivity index (χ0n) is 14.3. The van der Waals surface area contributed by atoms with Crippen molar-refractivity contribution in [2.24, 2.45) is 11.3 Å². The van der Waals surface area contributed by atoms with E-state index in [0.29, 0.717) is 0 Å². The van der Waals surface area contributed by atoms with E-state index in [1.807, 2.05) is 0 Å². The molecule has 2 aliphatic rings. The summed E-state index contributed by atoms with van der Waals surface area (Å²) in [4.78, 5) is 32.9. The van der Waals surface area contributed by atoms with E-state index in [1.54, 1.807) is 19.9 Å². The number of hydrogen-bond donors (Lipinski definition) is 1. The zero-order valence-corrected chi connectivity index (χ0v) is 17.1. The second-order valence-electron chi connectivity index (χ2n) is 6.41. The quantitative estimate of drug-likeness (QED) is 0.322. The van der Waals surface area contributed by atoms with Gasteiger partial charge in [0.1, 0.15) is 10.8 Å². The Labute approximate surface area is 169 Å². The predicted octanol–water partition coefficient (Wildman–Crippen LogP) is -4.20. The summed E-state index contributed by atoms with van der Waals surface area (Å²) in [5.74, 6) is -2.84. The first-order chi connectivity index (χ1) is 11.2. The van der Waals surface area contributed by atoms with E-state index in [9.17, 15) is 24.0 Å². The van der Waals surface area contributed by atoms with E-state index in [-0.39, 0.29) is 39.6 Å². The first kappa shape index (κ1) is 20.2. The molecule has 1 saturated heterocycles. The molecule has 4 atom stereocenters. The van der Waals surface area contributed by atoms with Crippen molar-refractivity contribution < 1.29 is 53.6 Å². The van der Waals surface area contributed by atoms with Crippen molar-refractivity contribution in [3.05, 3.63) is 29.1 Å². The molecule has 0 bridgehead atoms. The van der Waals surface area contributed by atoms with Crippen molar-refractivity contribution in [3.8, 4) is 0 Å². The largest absolute Gasteiger partial charge is 1.00 e. The molecule has 2 aliphatic heterocycles. The van der Waals surface area contributed by atoms with Gasteiger partial charge in [-0.3, -0.25) is 4.79 Å². The third kappa shape index (κ3) is 2.87. The third-order valence-electron chi connectivity index (χ3n) is 4.53. The van der Waals surface area contributed by atoms with E-state index in [2.05, 4.69) is 9.97 Å². The van der Waals surface area contributed by atoms with Crippen LogP contribution in [0.2, 0.25) is 0 Å². The normalized spacial score (nSPS) is 26.4. The molecule has 0 aromatic carbocycles. The monoisotopic (exact) mass is 373 g/mol. The molecule has 10 heteroatoms. The summed E-state index contributed by atoms with van der Waals surface area (Å²) < 4.78 is 12.9. The number of rotatable bonds is 4. The van der Waals surface area contributed by atoms with Crippen LogP contribution in [0.1, 0.15) is 20.8 Å². The molecule has 1 aromatic rings. The molecule has 3 rings (SSSR count). The summed E-state index contributed by atoms with van der Waals surface area (Å²) in [6.07, 6.45) is 1.86. The predicted molar refractivity (Wildman–Crippen MR) is 80.1 cm³/mol. The second-order valence-corrected chi connectivity index (χ2v) is 7.72. The van der Waals surface area contributed by atoms with Crippen LogP contribution in [0.15, 0.2) is 34.2 Å². The van der Waals surface area contributed by atoms with E-state index in [4.69, 9.17) is 0 Å². The summed E-state index contributed by atoms with van der Waals surface area (Å²) in [6.45, 7) is 4.86. The van der Waals surface area contributed by atoms with Gasteiger partial charge in [-0.25, -0.2) is 14.2 Å². The molecule has 1 amide bonds. The molecule has 0 radical (unpaired) electrons. The molecule has 1 N–H and O–H groups in total. The number of amides is 1. The van der Waals surface area contributed by atoms with Crippen molar-refractivity contribution in [1.82, 2.24) is 14.9 Å². The van der Waals surface area contributed by atoms with E-state index in [0.717, 1.165) is 4.90 Å². The summed E-state index contributed by atoms with van der Waals surface area (Å²) in [5, 5.41) is 21.5. The minimum absolute atomic E-state index is 0. The van der Waals surface area contributed by atoms with Gasteiger partial charge >= 0.3 is 29.6 Å². The number of aliphatic carboxylic acids is 1. The fourth-order valence-corrected chi connectivity index (χ4v) is 4.99. The average molecular weight is 373 g/mol. The van der Waals surface area contributed by atoms with Crippen molar-refractivity contribution in [2.45, 2.75) is 38.1 Å². The molecule has 8 nitrogen and oxygen atoms in total. The van der Waals surface area contributed by atoms with Crippen molar-refractivity contribution >= 4 is 22.7 Å². The van der Waals surface area contributed by atoms with Crippen molar-refractivity contribution in [1.29, 1.82) is 0 Å². The number of carboxylic acid groups (broad SMARTS) is 1. The van der Waals surface area contributed by atoms with Crippen LogP contribution in [0.5, 0.6) is 0 Å². The Kier molecular flexibility index (Phi) is 5.56. The zero-order chi connectivity index (χ0) is 17.8. The Balaban J connectivity index is 0.00000225. The van der Waals surface area contributed by atoms with Crippen LogP contribution in [0.3, 0.4) is 0 Å². The molecule has 1 fully saturated rings. The molecule has 128 valence electrons. The maximum Gasteiger partial charge on any atom is 1.00 e. The number of nitrogens with zero attached hydrogens (tertiary/aromatic N) is 3. The van der Waals surface area contributed by atoms with Gasteiger partial charge < -0.3 is 19.9 Å². The number of β-lactam (4-membered cyclic amide) rings is 1. The first-order valence-corrected chi connectivity index (χ1v) is 8.50. The SMILES string of the molecule is CC(O)C1C(=O)N2C(C(=O)[O-])=C(S(=O)c3ncccn3)C(C)(C)C12.[Na+]. The molecule has 4 unspecified atom stereocenters. The Morgan fingerprint density at radius 2 is 1.96 bits per heavy atom. The van der Waals surface area contributed by atoms with Gasteiger partial charge in [0.2, 0.25) is 11.1 Å². The maximum absolute atomic E-state index is 12.9. The van der Waals surface area contributed by atoms with Crippen LogP contribution in [0.25, 0.3) is 0 Å². The van der Waals surface area contributed by atoms with Crippen LogP contribution >= 0.6 is 0 Å². The van der Waals surface area contributed by atoms with Crippen LogP contribution in [0.4, 0.5) is 0 Å². The van der Waals surface area contributed by atoms with Gasteiger partial charge in [0.25, 0.3) is 0 Å². The standard InChI is InChI=1S/C15H17N3O5S.Na/c1-7(19)8-10-15(2,3)11(9(13(21)22)18(10)12(8)20)24(23)14-16-5-4-6-17-14;/h4-8,10,19H,1-3H3,(H,21,22);/q;+1/p-1. The number of carbonyl (C=O) groups excluding carboxylic acids is 2. The summed E-state index contributed by atoms with van der Waals surface area (Å²) in [5.41, 5.74) is -1.34. The molecule has 0 saturated carbocycles. The van der Waals surface area contributed by atoms with Gasteiger partial charge in [-0.15, -0.1) is 0 Å².